The van der Waals surface area contributed by atoms with Gasteiger partial charge in [0, 0.05) is 11.6 Å². The van der Waals surface area contributed by atoms with Crippen molar-refractivity contribution in [3.8, 4) is 6.07 Å². The van der Waals surface area contributed by atoms with E-state index in [1.807, 2.05) is 25.1 Å². The molecule has 4 heteroatoms. The minimum absolute atomic E-state index is 0.344. The van der Waals surface area contributed by atoms with E-state index in [-0.39, 0.29) is 0 Å². The Morgan fingerprint density at radius 1 is 1.23 bits per heavy atom. The van der Waals surface area contributed by atoms with Gasteiger partial charge in [0.1, 0.15) is 17.2 Å². The monoisotopic (exact) mass is 297 g/mol. The van der Waals surface area contributed by atoms with Crippen LogP contribution in [0.15, 0.2) is 48.0 Å². The summed E-state index contributed by atoms with van der Waals surface area (Å²) in [6.45, 7) is 2.22. The van der Waals surface area contributed by atoms with E-state index in [1.165, 1.54) is 12.1 Å². The molecule has 0 saturated carbocycles. The van der Waals surface area contributed by atoms with Gasteiger partial charge in [0.25, 0.3) is 0 Å². The predicted octanol–water partition coefficient (Wildman–Crippen LogP) is 4.17. The minimum atomic E-state index is -0.814. The molecule has 2 nitrogen and oxygen atoms in total. The van der Waals surface area contributed by atoms with Crippen molar-refractivity contribution in [1.29, 1.82) is 5.26 Å². The first kappa shape index (κ1) is 14.4. The van der Waals surface area contributed by atoms with Crippen LogP contribution in [0.1, 0.15) is 23.6 Å². The normalized spacial score (nSPS) is 20.5. The van der Waals surface area contributed by atoms with Crippen molar-refractivity contribution in [2.24, 2.45) is 0 Å². The smallest absolute Gasteiger partial charge is 0.140 e. The Balaban J connectivity index is 1.94. The molecule has 0 spiro atoms. The van der Waals surface area contributed by atoms with E-state index < -0.39 is 17.2 Å². The number of nitriles is 1. The maximum absolute atomic E-state index is 14.0. The molecule has 1 fully saturated rings. The number of nitrogens with zero attached hydrogens (tertiary/aromatic N) is 1. The highest BCUT2D eigenvalue weighted by molar-refractivity contribution is 5.58. The third kappa shape index (κ3) is 2.51. The largest absolute Gasteiger partial charge is 0.360 e. The molecule has 110 valence electrons. The van der Waals surface area contributed by atoms with Crippen LogP contribution in [0, 0.1) is 23.0 Å². The molecule has 1 atom stereocenters. The van der Waals surface area contributed by atoms with Gasteiger partial charge < -0.3 is 4.74 Å². The summed E-state index contributed by atoms with van der Waals surface area (Å²) in [7, 11) is 0. The Kier molecular flexibility index (Phi) is 3.51. The van der Waals surface area contributed by atoms with Crippen LogP contribution in [0.2, 0.25) is 0 Å². The summed E-state index contributed by atoms with van der Waals surface area (Å²) in [4.78, 5) is 0. The predicted molar refractivity (Wildman–Crippen MR) is 78.8 cm³/mol. The fourth-order valence-corrected chi connectivity index (χ4v) is 2.51. The molecule has 1 aliphatic heterocycles. The topological polar surface area (TPSA) is 36.3 Å². The summed E-state index contributed by atoms with van der Waals surface area (Å²) >= 11 is 0. The summed E-state index contributed by atoms with van der Waals surface area (Å²) < 4.78 is 32.6. The maximum atomic E-state index is 14.0. The third-order valence-electron chi connectivity index (χ3n) is 3.86. The van der Waals surface area contributed by atoms with Gasteiger partial charge in [-0.3, -0.25) is 0 Å². The molecular formula is C18H13F2NO. The number of rotatable bonds is 3. The Bertz CT molecular complexity index is 784. The Labute approximate surface area is 127 Å². The number of halogens is 2. The highest BCUT2D eigenvalue weighted by atomic mass is 19.1. The number of epoxide rings is 1. The summed E-state index contributed by atoms with van der Waals surface area (Å²) in [6, 6.07) is 12.7. The molecule has 2 aromatic rings. The molecule has 1 saturated heterocycles. The van der Waals surface area contributed by atoms with E-state index in [2.05, 4.69) is 6.07 Å². The van der Waals surface area contributed by atoms with Gasteiger partial charge in [0.05, 0.1) is 18.2 Å². The van der Waals surface area contributed by atoms with Gasteiger partial charge in [-0.2, -0.15) is 5.26 Å². The summed E-state index contributed by atoms with van der Waals surface area (Å²) in [5.74, 6) is -1.21. The van der Waals surface area contributed by atoms with Crippen LogP contribution in [0.5, 0.6) is 0 Å². The van der Waals surface area contributed by atoms with Crippen molar-refractivity contribution < 1.29 is 13.5 Å². The number of benzene rings is 2. The van der Waals surface area contributed by atoms with Gasteiger partial charge in [0.15, 0.2) is 0 Å². The van der Waals surface area contributed by atoms with Crippen LogP contribution in [0.3, 0.4) is 0 Å². The molecule has 3 rings (SSSR count). The van der Waals surface area contributed by atoms with Gasteiger partial charge in [-0.15, -0.1) is 0 Å². The second kappa shape index (κ2) is 5.36. The zero-order valence-corrected chi connectivity index (χ0v) is 11.9. The first-order valence-electron chi connectivity index (χ1n) is 6.83. The average molecular weight is 297 g/mol. The average Bonchev–Trinajstić information content (AvgIpc) is 3.29. The van der Waals surface area contributed by atoms with Gasteiger partial charge in [-0.25, -0.2) is 8.78 Å². The Hall–Kier alpha value is -2.51. The zero-order chi connectivity index (χ0) is 15.7. The lowest BCUT2D eigenvalue weighted by atomic mass is 9.90. The number of hydrogen-bond donors (Lipinski definition) is 0. The molecule has 2 aromatic carbocycles. The minimum Gasteiger partial charge on any atom is -0.360 e. The molecule has 0 radical (unpaired) electrons. The summed E-state index contributed by atoms with van der Waals surface area (Å²) in [6.07, 6.45) is 1.89. The van der Waals surface area contributed by atoms with E-state index in [1.54, 1.807) is 12.1 Å². The second-order valence-electron chi connectivity index (χ2n) is 5.30. The second-order valence-corrected chi connectivity index (χ2v) is 5.30. The zero-order valence-electron chi connectivity index (χ0n) is 11.9. The van der Waals surface area contributed by atoms with E-state index in [4.69, 9.17) is 10.00 Å². The molecular weight excluding hydrogens is 284 g/mol. The number of ether oxygens (including phenoxy) is 1. The lowest BCUT2D eigenvalue weighted by molar-refractivity contribution is 0.337. The number of hydrogen-bond acceptors (Lipinski definition) is 2. The van der Waals surface area contributed by atoms with E-state index >= 15 is 0 Å². The van der Waals surface area contributed by atoms with Crippen LogP contribution < -0.4 is 0 Å². The van der Waals surface area contributed by atoms with E-state index in [0.29, 0.717) is 17.7 Å². The van der Waals surface area contributed by atoms with Crippen molar-refractivity contribution >= 4 is 6.08 Å². The van der Waals surface area contributed by atoms with Crippen LogP contribution in [0.25, 0.3) is 6.08 Å². The van der Waals surface area contributed by atoms with E-state index in [0.717, 1.165) is 17.2 Å². The van der Waals surface area contributed by atoms with Gasteiger partial charge in [-0.05, 0) is 42.3 Å². The van der Waals surface area contributed by atoms with Crippen LogP contribution in [-0.2, 0) is 10.3 Å². The Morgan fingerprint density at radius 3 is 2.45 bits per heavy atom. The molecule has 0 aliphatic carbocycles. The van der Waals surface area contributed by atoms with Crippen molar-refractivity contribution in [1.82, 2.24) is 0 Å². The highest BCUT2D eigenvalue weighted by Gasteiger charge is 2.49. The molecule has 1 heterocycles. The summed E-state index contributed by atoms with van der Waals surface area (Å²) in [5.41, 5.74) is 1.84. The van der Waals surface area contributed by atoms with Crippen molar-refractivity contribution in [3.05, 3.63) is 76.4 Å². The third-order valence-corrected chi connectivity index (χ3v) is 3.86. The fraction of sp³-hybridized carbons (Fsp3) is 0.167. The SMILES string of the molecule is CC(=Cc1ccc(C#N)cc1)C1(c2ccc(F)cc2F)CO1. The molecule has 22 heavy (non-hydrogen) atoms. The van der Waals surface area contributed by atoms with Crippen molar-refractivity contribution in [3.63, 3.8) is 0 Å². The van der Waals surface area contributed by atoms with Crippen molar-refractivity contribution in [2.45, 2.75) is 12.5 Å². The van der Waals surface area contributed by atoms with Crippen molar-refractivity contribution in [2.75, 3.05) is 6.61 Å². The maximum Gasteiger partial charge on any atom is 0.140 e. The molecule has 0 aromatic heterocycles. The molecule has 1 unspecified atom stereocenters. The molecule has 0 amide bonds. The lowest BCUT2D eigenvalue weighted by Crippen LogP contribution is -2.13. The van der Waals surface area contributed by atoms with Gasteiger partial charge in [0.2, 0.25) is 0 Å². The van der Waals surface area contributed by atoms with E-state index in [9.17, 15) is 8.78 Å². The van der Waals surface area contributed by atoms with Gasteiger partial charge in [-0.1, -0.05) is 18.2 Å². The summed E-state index contributed by atoms with van der Waals surface area (Å²) in [5, 5.41) is 8.79. The van der Waals surface area contributed by atoms with Crippen LogP contribution >= 0.6 is 0 Å². The quantitative estimate of drug-likeness (QED) is 0.797. The highest BCUT2D eigenvalue weighted by Crippen LogP contribution is 2.46. The van der Waals surface area contributed by atoms with Gasteiger partial charge >= 0.3 is 0 Å². The first-order chi connectivity index (χ1) is 10.5. The molecule has 1 aliphatic rings. The van der Waals surface area contributed by atoms with Crippen LogP contribution in [0.4, 0.5) is 8.78 Å². The lowest BCUT2D eigenvalue weighted by Gasteiger charge is -2.14. The first-order valence-corrected chi connectivity index (χ1v) is 6.83. The van der Waals surface area contributed by atoms with Crippen LogP contribution in [-0.4, -0.2) is 6.61 Å². The standard InChI is InChI=1S/C18H13F2NO/c1-12(8-13-2-4-14(10-21)5-3-13)18(11-22-18)16-7-6-15(19)9-17(16)20/h2-9H,11H2,1H3. The Morgan fingerprint density at radius 2 is 1.91 bits per heavy atom. The molecule has 0 N–H and O–H groups in total. The fourth-order valence-electron chi connectivity index (χ4n) is 2.51. The molecule has 0 bridgehead atoms.